The third kappa shape index (κ3) is 4.10. The standard InChI is InChI=1S/C26H33N3O3/c1-16-15-23(32-4)20(26(31)28-16)12-13-22(30)24-18(3)25(29-21(24)11-8-14-27-29)17(2)19-9-6-5-7-10-19/h8,11,14-15,17,19H,5-7,9-10,12-13H2,1-4H3,(H,28,31). The second kappa shape index (κ2) is 9.31. The highest BCUT2D eigenvalue weighted by Crippen LogP contribution is 2.39. The van der Waals surface area contributed by atoms with Gasteiger partial charge in [0, 0.05) is 35.5 Å². The summed E-state index contributed by atoms with van der Waals surface area (Å²) in [6, 6.07) is 5.66. The number of aromatic amines is 1. The molecule has 1 atom stereocenters. The van der Waals surface area contributed by atoms with E-state index in [1.165, 1.54) is 32.1 Å². The van der Waals surface area contributed by atoms with Crippen LogP contribution >= 0.6 is 0 Å². The fraction of sp³-hybridized carbons (Fsp3) is 0.500. The molecule has 6 heteroatoms. The van der Waals surface area contributed by atoms with Crippen LogP contribution in [0.5, 0.6) is 5.75 Å². The number of H-pyrrole nitrogens is 1. The second-order valence-corrected chi connectivity index (χ2v) is 9.14. The number of fused-ring (bicyclic) bond motifs is 1. The van der Waals surface area contributed by atoms with Gasteiger partial charge in [0.1, 0.15) is 5.75 Å². The minimum absolute atomic E-state index is 0.0390. The molecule has 3 heterocycles. The summed E-state index contributed by atoms with van der Waals surface area (Å²) in [5.74, 6) is 1.54. The fourth-order valence-corrected chi connectivity index (χ4v) is 5.44. The molecule has 0 saturated heterocycles. The van der Waals surface area contributed by atoms with Gasteiger partial charge in [-0.25, -0.2) is 4.52 Å². The van der Waals surface area contributed by atoms with Crippen molar-refractivity contribution >= 4 is 11.3 Å². The van der Waals surface area contributed by atoms with Crippen LogP contribution in [0.15, 0.2) is 29.2 Å². The molecule has 0 aromatic carbocycles. The van der Waals surface area contributed by atoms with Gasteiger partial charge in [-0.15, -0.1) is 0 Å². The third-order valence-corrected chi connectivity index (χ3v) is 7.11. The van der Waals surface area contributed by atoms with Crippen molar-refractivity contribution in [3.05, 3.63) is 62.8 Å². The molecule has 0 aliphatic heterocycles. The minimum Gasteiger partial charge on any atom is -0.496 e. The third-order valence-electron chi connectivity index (χ3n) is 7.11. The van der Waals surface area contributed by atoms with Crippen molar-refractivity contribution in [1.82, 2.24) is 14.6 Å². The molecule has 0 spiro atoms. The van der Waals surface area contributed by atoms with Crippen molar-refractivity contribution in [1.29, 1.82) is 0 Å². The molecule has 6 nitrogen and oxygen atoms in total. The number of Topliss-reactive ketones (excluding diaryl/α,β-unsaturated/α-hetero) is 1. The number of ether oxygens (including phenoxy) is 1. The van der Waals surface area contributed by atoms with Crippen LogP contribution in [-0.2, 0) is 6.42 Å². The Hall–Kier alpha value is -2.89. The van der Waals surface area contributed by atoms with E-state index in [1.54, 1.807) is 19.4 Å². The number of carbonyl (C=O) groups is 1. The van der Waals surface area contributed by atoms with Crippen molar-refractivity contribution in [3.63, 3.8) is 0 Å². The Morgan fingerprint density at radius 2 is 2.03 bits per heavy atom. The molecule has 1 aliphatic carbocycles. The highest BCUT2D eigenvalue weighted by Gasteiger charge is 2.29. The van der Waals surface area contributed by atoms with Crippen molar-refractivity contribution in [2.24, 2.45) is 5.92 Å². The van der Waals surface area contributed by atoms with Gasteiger partial charge in [0.15, 0.2) is 5.78 Å². The van der Waals surface area contributed by atoms with Crippen molar-refractivity contribution < 1.29 is 9.53 Å². The monoisotopic (exact) mass is 435 g/mol. The first kappa shape index (κ1) is 22.3. The summed E-state index contributed by atoms with van der Waals surface area (Å²) in [4.78, 5) is 28.7. The predicted octanol–water partition coefficient (Wildman–Crippen LogP) is 5.15. The van der Waals surface area contributed by atoms with Crippen LogP contribution in [0.25, 0.3) is 5.52 Å². The van der Waals surface area contributed by atoms with E-state index >= 15 is 0 Å². The van der Waals surface area contributed by atoms with Gasteiger partial charge >= 0.3 is 0 Å². The maximum Gasteiger partial charge on any atom is 0.255 e. The Balaban J connectivity index is 1.67. The number of methoxy groups -OCH3 is 1. The molecule has 0 radical (unpaired) electrons. The topological polar surface area (TPSA) is 76.5 Å². The summed E-state index contributed by atoms with van der Waals surface area (Å²) < 4.78 is 7.37. The molecule has 3 aromatic heterocycles. The van der Waals surface area contributed by atoms with Crippen molar-refractivity contribution in [2.75, 3.05) is 7.11 Å². The number of carbonyl (C=O) groups excluding carboxylic acids is 1. The first-order valence-corrected chi connectivity index (χ1v) is 11.7. The number of rotatable bonds is 7. The first-order chi connectivity index (χ1) is 15.4. The average molecular weight is 436 g/mol. The quantitative estimate of drug-likeness (QED) is 0.521. The largest absolute Gasteiger partial charge is 0.496 e. The molecular weight excluding hydrogens is 402 g/mol. The molecule has 4 rings (SSSR count). The SMILES string of the molecule is COc1cc(C)[nH]c(=O)c1CCC(=O)c1c(C)c(C(C)C2CCCCC2)n2ncccc12. The van der Waals surface area contributed by atoms with E-state index in [9.17, 15) is 9.59 Å². The summed E-state index contributed by atoms with van der Waals surface area (Å²) >= 11 is 0. The summed E-state index contributed by atoms with van der Waals surface area (Å²) in [5, 5.41) is 4.62. The van der Waals surface area contributed by atoms with Crippen LogP contribution in [0.1, 0.15) is 84.2 Å². The van der Waals surface area contributed by atoms with E-state index in [-0.39, 0.29) is 17.8 Å². The lowest BCUT2D eigenvalue weighted by Gasteiger charge is -2.28. The normalized spacial score (nSPS) is 15.8. The number of nitrogens with one attached hydrogen (secondary N) is 1. The average Bonchev–Trinajstić information content (AvgIpc) is 3.09. The molecule has 0 bridgehead atoms. The highest BCUT2D eigenvalue weighted by atomic mass is 16.5. The Kier molecular flexibility index (Phi) is 6.49. The zero-order valence-electron chi connectivity index (χ0n) is 19.5. The zero-order valence-corrected chi connectivity index (χ0v) is 19.5. The van der Waals surface area contributed by atoms with E-state index in [0.29, 0.717) is 29.6 Å². The van der Waals surface area contributed by atoms with Gasteiger partial charge in [-0.3, -0.25) is 9.59 Å². The molecule has 1 fully saturated rings. The number of nitrogens with zero attached hydrogens (tertiary/aromatic N) is 2. The number of aromatic nitrogens is 3. The highest BCUT2D eigenvalue weighted by molar-refractivity contribution is 6.04. The number of hydrogen-bond acceptors (Lipinski definition) is 4. The maximum absolute atomic E-state index is 13.4. The van der Waals surface area contributed by atoms with Gasteiger partial charge in [-0.2, -0.15) is 5.10 Å². The predicted molar refractivity (Wildman–Crippen MR) is 126 cm³/mol. The number of aryl methyl sites for hydroxylation is 1. The number of hydrogen-bond donors (Lipinski definition) is 1. The van der Waals surface area contributed by atoms with E-state index in [1.807, 2.05) is 23.6 Å². The molecule has 1 N–H and O–H groups in total. The van der Waals surface area contributed by atoms with E-state index in [0.717, 1.165) is 28.0 Å². The fourth-order valence-electron chi connectivity index (χ4n) is 5.44. The van der Waals surface area contributed by atoms with E-state index in [4.69, 9.17) is 4.74 Å². The summed E-state index contributed by atoms with van der Waals surface area (Å²) in [5.41, 5.74) is 4.83. The zero-order chi connectivity index (χ0) is 22.8. The molecule has 1 unspecified atom stereocenters. The molecule has 170 valence electrons. The maximum atomic E-state index is 13.4. The van der Waals surface area contributed by atoms with Gasteiger partial charge in [-0.05, 0) is 62.8 Å². The van der Waals surface area contributed by atoms with Gasteiger partial charge < -0.3 is 9.72 Å². The Morgan fingerprint density at radius 1 is 1.28 bits per heavy atom. The minimum atomic E-state index is -0.193. The second-order valence-electron chi connectivity index (χ2n) is 9.14. The van der Waals surface area contributed by atoms with E-state index in [2.05, 4.69) is 23.9 Å². The van der Waals surface area contributed by atoms with Crippen LogP contribution in [0, 0.1) is 19.8 Å². The Morgan fingerprint density at radius 3 is 2.75 bits per heavy atom. The number of ketones is 1. The summed E-state index contributed by atoms with van der Waals surface area (Å²) in [6.07, 6.45) is 8.72. The lowest BCUT2D eigenvalue weighted by molar-refractivity contribution is 0.0983. The Labute approximate surface area is 189 Å². The summed E-state index contributed by atoms with van der Waals surface area (Å²) in [7, 11) is 1.55. The van der Waals surface area contributed by atoms with Crippen molar-refractivity contribution in [2.45, 2.75) is 71.6 Å². The lowest BCUT2D eigenvalue weighted by atomic mass is 9.78. The molecule has 0 amide bonds. The first-order valence-electron chi connectivity index (χ1n) is 11.7. The molecule has 32 heavy (non-hydrogen) atoms. The Bertz CT molecular complexity index is 1180. The van der Waals surface area contributed by atoms with Crippen LogP contribution in [0.3, 0.4) is 0 Å². The molecular formula is C26H33N3O3. The van der Waals surface area contributed by atoms with Gasteiger partial charge in [-0.1, -0.05) is 26.2 Å². The number of pyridine rings is 1. The van der Waals surface area contributed by atoms with Gasteiger partial charge in [0.25, 0.3) is 5.56 Å². The molecule has 1 aliphatic rings. The lowest BCUT2D eigenvalue weighted by Crippen LogP contribution is -2.17. The van der Waals surface area contributed by atoms with Crippen LogP contribution in [0.2, 0.25) is 0 Å². The van der Waals surface area contributed by atoms with Crippen molar-refractivity contribution in [3.8, 4) is 5.75 Å². The van der Waals surface area contributed by atoms with Crippen LogP contribution in [0.4, 0.5) is 0 Å². The van der Waals surface area contributed by atoms with Crippen LogP contribution < -0.4 is 10.3 Å². The molecule has 3 aromatic rings. The van der Waals surface area contributed by atoms with Gasteiger partial charge in [0.05, 0.1) is 18.2 Å². The van der Waals surface area contributed by atoms with E-state index < -0.39 is 0 Å². The molecule has 1 saturated carbocycles. The smallest absolute Gasteiger partial charge is 0.255 e. The van der Waals surface area contributed by atoms with Gasteiger partial charge in [0.2, 0.25) is 0 Å². The summed E-state index contributed by atoms with van der Waals surface area (Å²) in [6.45, 7) is 6.15. The van der Waals surface area contributed by atoms with Crippen LogP contribution in [-0.4, -0.2) is 27.5 Å².